The lowest BCUT2D eigenvalue weighted by Crippen LogP contribution is -2.43. The highest BCUT2D eigenvalue weighted by Gasteiger charge is 2.25. The van der Waals surface area contributed by atoms with E-state index in [0.29, 0.717) is 30.8 Å². The standard InChI is InChI=1S/C18H35N5O3.HI/c1-6-18(7-2,10-11-24)13-21-17(19-8-3)20-12-15-22-16(23-26-15)14(5)25-9-4;/h14,24H,6-13H2,1-5H3,(H2,19,20,21);1H. The molecule has 0 fully saturated rings. The molecule has 0 spiro atoms. The summed E-state index contributed by atoms with van der Waals surface area (Å²) in [6.07, 6.45) is 2.58. The molecular formula is C18H36IN5O3. The summed E-state index contributed by atoms with van der Waals surface area (Å²) in [5.41, 5.74) is 0.0650. The highest BCUT2D eigenvalue weighted by Crippen LogP contribution is 2.29. The van der Waals surface area contributed by atoms with Crippen LogP contribution >= 0.6 is 24.0 Å². The minimum atomic E-state index is -0.193. The van der Waals surface area contributed by atoms with Gasteiger partial charge < -0.3 is 25.0 Å². The minimum absolute atomic E-state index is 0. The molecule has 0 radical (unpaired) electrons. The van der Waals surface area contributed by atoms with Gasteiger partial charge in [-0.05, 0) is 45.4 Å². The van der Waals surface area contributed by atoms with Gasteiger partial charge in [0.15, 0.2) is 11.8 Å². The molecule has 0 saturated heterocycles. The van der Waals surface area contributed by atoms with Crippen LogP contribution in [0, 0.1) is 5.41 Å². The summed E-state index contributed by atoms with van der Waals surface area (Å²) < 4.78 is 10.7. The second-order valence-electron chi connectivity index (χ2n) is 6.37. The number of hydrogen-bond acceptors (Lipinski definition) is 6. The zero-order valence-electron chi connectivity index (χ0n) is 17.2. The molecule has 3 N–H and O–H groups in total. The first kappa shape index (κ1) is 26.1. The number of nitrogens with zero attached hydrogens (tertiary/aromatic N) is 3. The summed E-state index contributed by atoms with van der Waals surface area (Å²) in [6.45, 7) is 12.8. The van der Waals surface area contributed by atoms with Crippen molar-refractivity contribution >= 4 is 29.9 Å². The van der Waals surface area contributed by atoms with E-state index in [2.05, 4.69) is 39.6 Å². The van der Waals surface area contributed by atoms with E-state index in [1.165, 1.54) is 0 Å². The SMILES string of the molecule is CCNC(=NCc1nc(C(C)OCC)no1)NCC(CC)(CC)CCO.I. The van der Waals surface area contributed by atoms with E-state index in [1.54, 1.807) is 0 Å². The normalized spacial score (nSPS) is 13.2. The summed E-state index contributed by atoms with van der Waals surface area (Å²) in [4.78, 5) is 8.86. The quantitative estimate of drug-likeness (QED) is 0.232. The van der Waals surface area contributed by atoms with Crippen LogP contribution in [0.15, 0.2) is 9.52 Å². The number of hydrogen-bond donors (Lipinski definition) is 3. The molecule has 0 aliphatic rings. The highest BCUT2D eigenvalue weighted by atomic mass is 127. The van der Waals surface area contributed by atoms with E-state index in [0.717, 1.165) is 32.4 Å². The van der Waals surface area contributed by atoms with Crippen molar-refractivity contribution in [3.05, 3.63) is 11.7 Å². The van der Waals surface area contributed by atoms with E-state index in [-0.39, 0.29) is 42.1 Å². The van der Waals surface area contributed by atoms with Crippen molar-refractivity contribution in [3.8, 4) is 0 Å². The first-order chi connectivity index (χ1) is 12.5. The third-order valence-electron chi connectivity index (χ3n) is 4.75. The van der Waals surface area contributed by atoms with Gasteiger partial charge in [-0.3, -0.25) is 0 Å². The smallest absolute Gasteiger partial charge is 0.248 e. The van der Waals surface area contributed by atoms with Crippen LogP contribution in [-0.4, -0.2) is 47.5 Å². The molecule has 1 unspecified atom stereocenters. The Balaban J connectivity index is 0.00000676. The molecule has 0 amide bonds. The third-order valence-corrected chi connectivity index (χ3v) is 4.75. The van der Waals surface area contributed by atoms with Crippen molar-refractivity contribution in [1.82, 2.24) is 20.8 Å². The van der Waals surface area contributed by atoms with E-state index < -0.39 is 0 Å². The van der Waals surface area contributed by atoms with Gasteiger partial charge in [0.2, 0.25) is 5.89 Å². The summed E-state index contributed by atoms with van der Waals surface area (Å²) in [6, 6.07) is 0. The summed E-state index contributed by atoms with van der Waals surface area (Å²) >= 11 is 0. The number of ether oxygens (including phenoxy) is 1. The largest absolute Gasteiger partial charge is 0.396 e. The summed E-state index contributed by atoms with van der Waals surface area (Å²) in [5, 5.41) is 19.9. The number of guanidine groups is 1. The van der Waals surface area contributed by atoms with Crippen LogP contribution in [0.5, 0.6) is 0 Å². The zero-order chi connectivity index (χ0) is 19.4. The number of aliphatic hydroxyl groups excluding tert-OH is 1. The Morgan fingerprint density at radius 1 is 1.26 bits per heavy atom. The van der Waals surface area contributed by atoms with Gasteiger partial charge in [-0.2, -0.15) is 4.98 Å². The Hall–Kier alpha value is -0.940. The van der Waals surface area contributed by atoms with E-state index >= 15 is 0 Å². The highest BCUT2D eigenvalue weighted by molar-refractivity contribution is 14.0. The minimum Gasteiger partial charge on any atom is -0.396 e. The number of nitrogens with one attached hydrogen (secondary N) is 2. The van der Waals surface area contributed by atoms with Crippen molar-refractivity contribution in [1.29, 1.82) is 0 Å². The molecule has 1 rings (SSSR count). The fourth-order valence-corrected chi connectivity index (χ4v) is 2.76. The maximum absolute atomic E-state index is 9.36. The average Bonchev–Trinajstić information content (AvgIpc) is 3.12. The lowest BCUT2D eigenvalue weighted by molar-refractivity contribution is 0.0683. The van der Waals surface area contributed by atoms with Crippen LogP contribution in [0.2, 0.25) is 0 Å². The van der Waals surface area contributed by atoms with Crippen molar-refractivity contribution < 1.29 is 14.4 Å². The second kappa shape index (κ2) is 14.1. The van der Waals surface area contributed by atoms with Gasteiger partial charge in [0, 0.05) is 26.3 Å². The van der Waals surface area contributed by atoms with Crippen LogP contribution in [0.3, 0.4) is 0 Å². The average molecular weight is 497 g/mol. The Labute approximate surface area is 180 Å². The summed E-state index contributed by atoms with van der Waals surface area (Å²) in [5.74, 6) is 1.69. The maximum atomic E-state index is 9.36. The predicted molar refractivity (Wildman–Crippen MR) is 117 cm³/mol. The molecule has 8 nitrogen and oxygen atoms in total. The van der Waals surface area contributed by atoms with Gasteiger partial charge in [-0.25, -0.2) is 4.99 Å². The first-order valence-corrected chi connectivity index (χ1v) is 9.61. The predicted octanol–water partition coefficient (Wildman–Crippen LogP) is 3.03. The van der Waals surface area contributed by atoms with Gasteiger partial charge in [0.1, 0.15) is 12.6 Å². The molecule has 158 valence electrons. The molecular weight excluding hydrogens is 461 g/mol. The lowest BCUT2D eigenvalue weighted by atomic mass is 9.79. The van der Waals surface area contributed by atoms with Crippen LogP contribution in [-0.2, 0) is 11.3 Å². The van der Waals surface area contributed by atoms with Crippen molar-refractivity contribution in [2.45, 2.75) is 66.5 Å². The monoisotopic (exact) mass is 497 g/mol. The summed E-state index contributed by atoms with van der Waals surface area (Å²) in [7, 11) is 0. The van der Waals surface area contributed by atoms with Crippen molar-refractivity contribution in [2.75, 3.05) is 26.3 Å². The van der Waals surface area contributed by atoms with E-state index in [1.807, 2.05) is 20.8 Å². The molecule has 9 heteroatoms. The molecule has 0 aliphatic heterocycles. The van der Waals surface area contributed by atoms with Crippen LogP contribution in [0.25, 0.3) is 0 Å². The topological polar surface area (TPSA) is 105 Å². The Morgan fingerprint density at radius 3 is 2.52 bits per heavy atom. The maximum Gasteiger partial charge on any atom is 0.248 e. The number of aromatic nitrogens is 2. The molecule has 0 bridgehead atoms. The second-order valence-corrected chi connectivity index (χ2v) is 6.37. The van der Waals surface area contributed by atoms with E-state index in [9.17, 15) is 5.11 Å². The van der Waals surface area contributed by atoms with Crippen LogP contribution < -0.4 is 10.6 Å². The van der Waals surface area contributed by atoms with E-state index in [4.69, 9.17) is 9.26 Å². The molecule has 1 aromatic rings. The van der Waals surface area contributed by atoms with Crippen molar-refractivity contribution in [3.63, 3.8) is 0 Å². The number of aliphatic hydroxyl groups is 1. The third kappa shape index (κ3) is 8.73. The van der Waals surface area contributed by atoms with Crippen LogP contribution in [0.4, 0.5) is 0 Å². The Morgan fingerprint density at radius 2 is 1.96 bits per heavy atom. The van der Waals surface area contributed by atoms with Gasteiger partial charge in [-0.15, -0.1) is 24.0 Å². The first-order valence-electron chi connectivity index (χ1n) is 9.61. The molecule has 1 aromatic heterocycles. The van der Waals surface area contributed by atoms with Gasteiger partial charge in [-0.1, -0.05) is 19.0 Å². The van der Waals surface area contributed by atoms with Gasteiger partial charge in [0.25, 0.3) is 0 Å². The van der Waals surface area contributed by atoms with Crippen molar-refractivity contribution in [2.24, 2.45) is 10.4 Å². The molecule has 0 aliphatic carbocycles. The number of aliphatic imine (C=N–C) groups is 1. The number of halogens is 1. The molecule has 27 heavy (non-hydrogen) atoms. The Kier molecular flexibility index (Phi) is 13.6. The van der Waals surface area contributed by atoms with Gasteiger partial charge >= 0.3 is 0 Å². The Bertz CT molecular complexity index is 535. The van der Waals surface area contributed by atoms with Gasteiger partial charge in [0.05, 0.1) is 0 Å². The molecule has 0 aromatic carbocycles. The molecule has 1 heterocycles. The number of rotatable bonds is 12. The molecule has 0 saturated carbocycles. The molecule has 1 atom stereocenters. The zero-order valence-corrected chi connectivity index (χ0v) is 19.6. The fraction of sp³-hybridized carbons (Fsp3) is 0.833. The fourth-order valence-electron chi connectivity index (χ4n) is 2.76. The lowest BCUT2D eigenvalue weighted by Gasteiger charge is -2.32. The van der Waals surface area contributed by atoms with Crippen LogP contribution in [0.1, 0.15) is 71.7 Å².